The molecule has 0 saturated carbocycles. The molecule has 2 heterocycles. The lowest BCUT2D eigenvalue weighted by molar-refractivity contribution is -0.118. The maximum absolute atomic E-state index is 13.3. The van der Waals surface area contributed by atoms with Crippen LogP contribution in [0.3, 0.4) is 0 Å². The highest BCUT2D eigenvalue weighted by molar-refractivity contribution is 7.99. The van der Waals surface area contributed by atoms with E-state index in [1.165, 1.54) is 21.8 Å². The van der Waals surface area contributed by atoms with Crippen molar-refractivity contribution in [1.82, 2.24) is 9.97 Å². The molecule has 0 unspecified atom stereocenters. The van der Waals surface area contributed by atoms with E-state index in [2.05, 4.69) is 36.2 Å². The maximum Gasteiger partial charge on any atom is 0.229 e. The number of benzene rings is 2. The Morgan fingerprint density at radius 1 is 1.09 bits per heavy atom. The van der Waals surface area contributed by atoms with E-state index in [-0.39, 0.29) is 5.91 Å². The molecule has 4 aromatic rings. The van der Waals surface area contributed by atoms with Crippen LogP contribution in [-0.4, -0.2) is 28.7 Å². The monoisotopic (exact) mass is 463 g/mol. The van der Waals surface area contributed by atoms with Crippen molar-refractivity contribution < 1.29 is 9.53 Å². The summed E-state index contributed by atoms with van der Waals surface area (Å²) in [6.45, 7) is 2.48. The number of hydrogen-bond donors (Lipinski definition) is 0. The predicted octanol–water partition coefficient (Wildman–Crippen LogP) is 6.11. The van der Waals surface area contributed by atoms with E-state index < -0.39 is 0 Å². The molecule has 0 radical (unpaired) electrons. The minimum absolute atomic E-state index is 0.0539. The third-order valence-corrected chi connectivity index (χ3v) is 7.14. The molecular weight excluding hydrogens is 438 g/mol. The summed E-state index contributed by atoms with van der Waals surface area (Å²) in [7, 11) is 1.64. The van der Waals surface area contributed by atoms with Crippen molar-refractivity contribution in [2.24, 2.45) is 0 Å². The number of aryl methyl sites for hydroxylation is 1. The Balaban J connectivity index is 1.48. The van der Waals surface area contributed by atoms with Gasteiger partial charge in [-0.3, -0.25) is 14.7 Å². The molecule has 0 fully saturated rings. The highest BCUT2D eigenvalue weighted by Crippen LogP contribution is 2.35. The van der Waals surface area contributed by atoms with E-state index in [0.29, 0.717) is 23.8 Å². The summed E-state index contributed by atoms with van der Waals surface area (Å²) in [6, 6.07) is 20.1. The average molecular weight is 464 g/mol. The number of ether oxygens (including phenoxy) is 1. The van der Waals surface area contributed by atoms with Gasteiger partial charge in [-0.1, -0.05) is 41.2 Å². The molecular formula is C25H25N3O2S2. The van der Waals surface area contributed by atoms with Crippen LogP contribution in [0.25, 0.3) is 10.2 Å². The number of amides is 1. The number of aromatic nitrogens is 2. The Bertz CT molecular complexity index is 1180. The highest BCUT2D eigenvalue weighted by atomic mass is 32.2. The Hall–Kier alpha value is -2.90. The van der Waals surface area contributed by atoms with Crippen molar-refractivity contribution in [2.45, 2.75) is 31.2 Å². The molecule has 0 aliphatic carbocycles. The van der Waals surface area contributed by atoms with Crippen LogP contribution in [0.4, 0.5) is 5.13 Å². The summed E-state index contributed by atoms with van der Waals surface area (Å²) in [5, 5.41) is 0.673. The van der Waals surface area contributed by atoms with Crippen molar-refractivity contribution in [3.05, 3.63) is 78.1 Å². The first kappa shape index (κ1) is 22.3. The predicted molar refractivity (Wildman–Crippen MR) is 133 cm³/mol. The molecule has 0 spiro atoms. The van der Waals surface area contributed by atoms with E-state index in [9.17, 15) is 4.79 Å². The van der Waals surface area contributed by atoms with E-state index in [1.807, 2.05) is 36.4 Å². The first-order valence-corrected chi connectivity index (χ1v) is 12.3. The number of carbonyl (C=O) groups excluding carboxylic acids is 1. The fourth-order valence-corrected chi connectivity index (χ4v) is 5.14. The molecule has 7 heteroatoms. The highest BCUT2D eigenvalue weighted by Gasteiger charge is 2.21. The number of thioether (sulfide) groups is 1. The van der Waals surface area contributed by atoms with Gasteiger partial charge in [0.2, 0.25) is 5.91 Å². The first-order chi connectivity index (χ1) is 15.6. The van der Waals surface area contributed by atoms with E-state index in [0.717, 1.165) is 28.1 Å². The molecule has 0 N–H and O–H groups in total. The van der Waals surface area contributed by atoms with Gasteiger partial charge in [-0.25, -0.2) is 4.98 Å². The second kappa shape index (κ2) is 10.6. The van der Waals surface area contributed by atoms with Gasteiger partial charge in [0.1, 0.15) is 11.3 Å². The normalized spacial score (nSPS) is 10.9. The van der Waals surface area contributed by atoms with Gasteiger partial charge in [0.25, 0.3) is 0 Å². The number of pyridine rings is 1. The van der Waals surface area contributed by atoms with Gasteiger partial charge in [0.05, 0.1) is 24.0 Å². The van der Waals surface area contributed by atoms with E-state index >= 15 is 0 Å². The maximum atomic E-state index is 13.3. The number of para-hydroxylation sites is 1. The zero-order valence-electron chi connectivity index (χ0n) is 18.2. The number of hydrogen-bond acceptors (Lipinski definition) is 6. The lowest BCUT2D eigenvalue weighted by atomic mass is 10.2. The molecule has 0 aliphatic heterocycles. The Morgan fingerprint density at radius 2 is 1.94 bits per heavy atom. The minimum atomic E-state index is 0.0539. The van der Waals surface area contributed by atoms with Crippen molar-refractivity contribution in [1.29, 1.82) is 0 Å². The standard InChI is InChI=1S/C25H25N3O2S2/c1-18-11-13-20(14-12-18)31-16-6-10-23(29)28(17-19-7-3-4-15-26-19)25-27-24-21(30-2)8-5-9-22(24)32-25/h3-5,7-9,11-15H,6,10,16-17H2,1-2H3. The van der Waals surface area contributed by atoms with Crippen molar-refractivity contribution in [3.63, 3.8) is 0 Å². The first-order valence-electron chi connectivity index (χ1n) is 10.5. The Kier molecular flexibility index (Phi) is 7.39. The van der Waals surface area contributed by atoms with Crippen molar-refractivity contribution in [2.75, 3.05) is 17.8 Å². The topological polar surface area (TPSA) is 55.3 Å². The number of fused-ring (bicyclic) bond motifs is 1. The minimum Gasteiger partial charge on any atom is -0.494 e. The number of thiazole rings is 1. The number of nitrogens with zero attached hydrogens (tertiary/aromatic N) is 3. The van der Waals surface area contributed by atoms with E-state index in [4.69, 9.17) is 9.72 Å². The Labute approximate surface area is 196 Å². The second-order valence-corrected chi connectivity index (χ2v) is 9.55. The smallest absolute Gasteiger partial charge is 0.229 e. The quantitative estimate of drug-likeness (QED) is 0.221. The van der Waals surface area contributed by atoms with Crippen molar-refractivity contribution >= 4 is 44.4 Å². The van der Waals surface area contributed by atoms with Crippen LogP contribution in [0, 0.1) is 6.92 Å². The third kappa shape index (κ3) is 5.47. The SMILES string of the molecule is COc1cccc2sc(N(Cc3ccccn3)C(=O)CCCSc3ccc(C)cc3)nc12. The molecule has 0 aliphatic rings. The van der Waals surface area contributed by atoms with Crippen LogP contribution in [0.15, 0.2) is 71.8 Å². The summed E-state index contributed by atoms with van der Waals surface area (Å²) in [5.74, 6) is 1.66. The number of methoxy groups -OCH3 is 1. The summed E-state index contributed by atoms with van der Waals surface area (Å²) >= 11 is 3.28. The van der Waals surface area contributed by atoms with Gasteiger partial charge >= 0.3 is 0 Å². The summed E-state index contributed by atoms with van der Waals surface area (Å²) in [5.41, 5.74) is 2.87. The molecule has 0 bridgehead atoms. The van der Waals surface area contributed by atoms with Crippen LogP contribution >= 0.6 is 23.1 Å². The molecule has 0 atom stereocenters. The fraction of sp³-hybridized carbons (Fsp3) is 0.240. The second-order valence-electron chi connectivity index (χ2n) is 7.37. The van der Waals surface area contributed by atoms with Gasteiger partial charge in [0, 0.05) is 17.5 Å². The van der Waals surface area contributed by atoms with Crippen LogP contribution in [-0.2, 0) is 11.3 Å². The molecule has 164 valence electrons. The Morgan fingerprint density at radius 3 is 2.69 bits per heavy atom. The average Bonchev–Trinajstić information content (AvgIpc) is 3.26. The van der Waals surface area contributed by atoms with E-state index in [1.54, 1.807) is 30.0 Å². The molecule has 1 amide bonds. The van der Waals surface area contributed by atoms with Crippen LogP contribution in [0.5, 0.6) is 5.75 Å². The van der Waals surface area contributed by atoms with Gasteiger partial charge in [0.15, 0.2) is 5.13 Å². The fourth-order valence-electron chi connectivity index (χ4n) is 3.29. The van der Waals surface area contributed by atoms with Gasteiger partial charge in [-0.15, -0.1) is 11.8 Å². The van der Waals surface area contributed by atoms with Crippen LogP contribution in [0.1, 0.15) is 24.1 Å². The lowest BCUT2D eigenvalue weighted by Crippen LogP contribution is -2.30. The summed E-state index contributed by atoms with van der Waals surface area (Å²) < 4.78 is 6.45. The molecule has 32 heavy (non-hydrogen) atoms. The summed E-state index contributed by atoms with van der Waals surface area (Å²) in [6.07, 6.45) is 3.00. The van der Waals surface area contributed by atoms with Gasteiger partial charge in [-0.2, -0.15) is 0 Å². The molecule has 4 rings (SSSR count). The molecule has 2 aromatic heterocycles. The van der Waals surface area contributed by atoms with Gasteiger partial charge < -0.3 is 4.74 Å². The van der Waals surface area contributed by atoms with Crippen LogP contribution < -0.4 is 9.64 Å². The van der Waals surface area contributed by atoms with Crippen molar-refractivity contribution in [3.8, 4) is 5.75 Å². The number of anilines is 1. The molecule has 5 nitrogen and oxygen atoms in total. The molecule has 0 saturated heterocycles. The lowest BCUT2D eigenvalue weighted by Gasteiger charge is -2.19. The van der Waals surface area contributed by atoms with Crippen LogP contribution in [0.2, 0.25) is 0 Å². The number of carbonyl (C=O) groups is 1. The molecule has 2 aromatic carbocycles. The number of rotatable bonds is 9. The summed E-state index contributed by atoms with van der Waals surface area (Å²) in [4.78, 5) is 25.4. The third-order valence-electron chi connectivity index (χ3n) is 4.99. The largest absolute Gasteiger partial charge is 0.494 e. The van der Waals surface area contributed by atoms with Gasteiger partial charge in [-0.05, 0) is 55.5 Å². The zero-order chi connectivity index (χ0) is 22.3. The zero-order valence-corrected chi connectivity index (χ0v) is 19.8.